The molecule has 0 aromatic heterocycles. The van der Waals surface area contributed by atoms with Crippen LogP contribution in [0.15, 0.2) is 0 Å². The molecule has 1 amide bonds. The molecule has 0 aliphatic carbocycles. The molecule has 4 nitrogen and oxygen atoms in total. The van der Waals surface area contributed by atoms with Gasteiger partial charge in [0.1, 0.15) is 6.29 Å². The van der Waals surface area contributed by atoms with Crippen LogP contribution in [0.5, 0.6) is 0 Å². The molecule has 0 aromatic rings. The molecule has 0 bridgehead atoms. The molecule has 1 fully saturated rings. The van der Waals surface area contributed by atoms with Crippen LogP contribution in [0.2, 0.25) is 0 Å². The minimum atomic E-state index is 0.185. The quantitative estimate of drug-likeness (QED) is 0.762. The van der Waals surface area contributed by atoms with Crippen molar-refractivity contribution in [2.24, 2.45) is 0 Å². The van der Waals surface area contributed by atoms with Gasteiger partial charge in [0.15, 0.2) is 0 Å². The van der Waals surface area contributed by atoms with Crippen molar-refractivity contribution in [1.82, 2.24) is 10.2 Å². The van der Waals surface area contributed by atoms with Gasteiger partial charge in [-0.2, -0.15) is 0 Å². The number of hydrogen-bond donors (Lipinski definition) is 1. The number of aldehydes is 1. The van der Waals surface area contributed by atoms with E-state index in [1.807, 2.05) is 13.8 Å². The summed E-state index contributed by atoms with van der Waals surface area (Å²) in [4.78, 5) is 22.7. The number of nitrogens with zero attached hydrogens (tertiary/aromatic N) is 1. The van der Waals surface area contributed by atoms with E-state index >= 15 is 0 Å². The number of amides is 1. The van der Waals surface area contributed by atoms with Crippen LogP contribution < -0.4 is 5.32 Å². The van der Waals surface area contributed by atoms with Crippen molar-refractivity contribution in [3.63, 3.8) is 0 Å². The third-order valence-electron chi connectivity index (χ3n) is 2.81. The van der Waals surface area contributed by atoms with Gasteiger partial charge >= 0.3 is 0 Å². The molecule has 1 saturated heterocycles. The van der Waals surface area contributed by atoms with Crippen LogP contribution in [0.3, 0.4) is 0 Å². The monoisotopic (exact) mass is 242 g/mol. The summed E-state index contributed by atoms with van der Waals surface area (Å²) in [6.45, 7) is 6.09. The second-order valence-electron chi connectivity index (χ2n) is 4.45. The van der Waals surface area contributed by atoms with Crippen molar-refractivity contribution in [2.75, 3.05) is 20.1 Å². The van der Waals surface area contributed by atoms with Gasteiger partial charge in [-0.15, -0.1) is 0 Å². The van der Waals surface area contributed by atoms with Gasteiger partial charge in [0.2, 0.25) is 5.91 Å². The lowest BCUT2D eigenvalue weighted by Crippen LogP contribution is -2.43. The second kappa shape index (κ2) is 10.3. The van der Waals surface area contributed by atoms with Gasteiger partial charge in [-0.05, 0) is 39.4 Å². The molecular formula is C13H26N2O2. The summed E-state index contributed by atoms with van der Waals surface area (Å²) in [6, 6.07) is 0.425. The first-order chi connectivity index (χ1) is 8.13. The maximum Gasteiger partial charge on any atom is 0.219 e. The average Bonchev–Trinajstić information content (AvgIpc) is 2.34. The molecule has 1 aliphatic heterocycles. The van der Waals surface area contributed by atoms with Gasteiger partial charge in [0.05, 0.1) is 0 Å². The zero-order chi connectivity index (χ0) is 13.1. The molecule has 100 valence electrons. The molecule has 1 rings (SSSR count). The van der Waals surface area contributed by atoms with E-state index in [4.69, 9.17) is 0 Å². The lowest BCUT2D eigenvalue weighted by atomic mass is 10.1. The lowest BCUT2D eigenvalue weighted by Gasteiger charge is -2.29. The van der Waals surface area contributed by atoms with Crippen LogP contribution in [0.4, 0.5) is 0 Å². The van der Waals surface area contributed by atoms with Crippen LogP contribution in [-0.4, -0.2) is 43.3 Å². The molecule has 1 aliphatic rings. The smallest absolute Gasteiger partial charge is 0.219 e. The zero-order valence-electron chi connectivity index (χ0n) is 11.4. The highest BCUT2D eigenvalue weighted by Gasteiger charge is 2.17. The number of nitrogens with one attached hydrogen (secondary N) is 1. The fourth-order valence-corrected chi connectivity index (χ4v) is 1.60. The molecule has 0 spiro atoms. The highest BCUT2D eigenvalue weighted by molar-refractivity contribution is 5.75. The van der Waals surface area contributed by atoms with Crippen LogP contribution >= 0.6 is 0 Å². The first kappa shape index (κ1) is 16.1. The highest BCUT2D eigenvalue weighted by atomic mass is 16.1. The summed E-state index contributed by atoms with van der Waals surface area (Å²) < 4.78 is 0. The molecule has 0 unspecified atom stereocenters. The maximum absolute atomic E-state index is 11.0. The highest BCUT2D eigenvalue weighted by Crippen LogP contribution is 2.07. The molecule has 4 heteroatoms. The van der Waals surface area contributed by atoms with E-state index in [0.717, 1.165) is 38.6 Å². The van der Waals surface area contributed by atoms with Gasteiger partial charge in [-0.1, -0.05) is 13.8 Å². The Bertz CT molecular complexity index is 211. The molecule has 1 N–H and O–H groups in total. The second-order valence-corrected chi connectivity index (χ2v) is 4.45. The van der Waals surface area contributed by atoms with E-state index in [9.17, 15) is 9.59 Å². The number of piperidine rings is 1. The first-order valence-corrected chi connectivity index (χ1v) is 6.55. The Morgan fingerprint density at radius 3 is 2.29 bits per heavy atom. The van der Waals surface area contributed by atoms with Crippen molar-refractivity contribution in [1.29, 1.82) is 0 Å². The van der Waals surface area contributed by atoms with Gasteiger partial charge in [0.25, 0.3) is 0 Å². The molecule has 0 atom stereocenters. The third kappa shape index (κ3) is 8.86. The first-order valence-electron chi connectivity index (χ1n) is 6.55. The molecule has 17 heavy (non-hydrogen) atoms. The lowest BCUT2D eigenvalue weighted by molar-refractivity contribution is -0.121. The van der Waals surface area contributed by atoms with Gasteiger partial charge in [-0.25, -0.2) is 0 Å². The van der Waals surface area contributed by atoms with E-state index < -0.39 is 0 Å². The van der Waals surface area contributed by atoms with Crippen molar-refractivity contribution in [3.8, 4) is 0 Å². The van der Waals surface area contributed by atoms with Gasteiger partial charge in [-0.3, -0.25) is 4.79 Å². The van der Waals surface area contributed by atoms with E-state index in [0.29, 0.717) is 18.9 Å². The van der Waals surface area contributed by atoms with E-state index in [2.05, 4.69) is 17.3 Å². The van der Waals surface area contributed by atoms with Crippen LogP contribution in [0.25, 0.3) is 0 Å². The average molecular weight is 242 g/mol. The Hall–Kier alpha value is -0.900. The number of likely N-dealkylation sites (tertiary alicyclic amines) is 1. The maximum atomic E-state index is 11.0. The number of carbonyl (C=O) groups is 2. The standard InChI is InChI=1S/C9H18N2O.C4H8O/c1-3-9(12)10-8-4-6-11(2)7-5-8;1-2-3-4-5/h8H,3-7H2,1-2H3,(H,10,12);4H,2-3H2,1H3. The molecule has 0 saturated carbocycles. The fourth-order valence-electron chi connectivity index (χ4n) is 1.60. The third-order valence-corrected chi connectivity index (χ3v) is 2.81. The SMILES string of the molecule is CCC(=O)NC1CCN(C)CC1.CCCC=O. The Morgan fingerprint density at radius 1 is 1.35 bits per heavy atom. The molecule has 0 aromatic carbocycles. The topological polar surface area (TPSA) is 49.4 Å². The van der Waals surface area contributed by atoms with Crippen molar-refractivity contribution >= 4 is 12.2 Å². The van der Waals surface area contributed by atoms with E-state index in [-0.39, 0.29) is 5.91 Å². The van der Waals surface area contributed by atoms with Crippen molar-refractivity contribution in [3.05, 3.63) is 0 Å². The van der Waals surface area contributed by atoms with Gasteiger partial charge in [0, 0.05) is 18.9 Å². The summed E-state index contributed by atoms with van der Waals surface area (Å²) >= 11 is 0. The predicted molar refractivity (Wildman–Crippen MR) is 69.9 cm³/mol. The van der Waals surface area contributed by atoms with Crippen LogP contribution in [0.1, 0.15) is 46.0 Å². The van der Waals surface area contributed by atoms with Gasteiger partial charge < -0.3 is 15.0 Å². The summed E-state index contributed by atoms with van der Waals surface area (Å²) in [7, 11) is 2.12. The Kier molecular flexibility index (Phi) is 9.72. The van der Waals surface area contributed by atoms with Crippen molar-refractivity contribution in [2.45, 2.75) is 52.0 Å². The Labute approximate surface area is 105 Å². The van der Waals surface area contributed by atoms with E-state index in [1.54, 1.807) is 0 Å². The molecular weight excluding hydrogens is 216 g/mol. The summed E-state index contributed by atoms with van der Waals surface area (Å²) in [5.41, 5.74) is 0. The minimum Gasteiger partial charge on any atom is -0.353 e. The number of hydrogen-bond acceptors (Lipinski definition) is 3. The normalized spacial score (nSPS) is 16.9. The van der Waals surface area contributed by atoms with Crippen LogP contribution in [0, 0.1) is 0 Å². The van der Waals surface area contributed by atoms with Crippen LogP contribution in [-0.2, 0) is 9.59 Å². The number of carbonyl (C=O) groups excluding carboxylic acids is 2. The largest absolute Gasteiger partial charge is 0.353 e. The van der Waals surface area contributed by atoms with E-state index in [1.165, 1.54) is 0 Å². The summed E-state index contributed by atoms with van der Waals surface area (Å²) in [5, 5.41) is 3.02. The number of unbranched alkanes of at least 4 members (excludes halogenated alkanes) is 1. The summed E-state index contributed by atoms with van der Waals surface area (Å²) in [5.74, 6) is 0.185. The van der Waals surface area contributed by atoms with Crippen molar-refractivity contribution < 1.29 is 9.59 Å². The number of rotatable bonds is 4. The minimum absolute atomic E-state index is 0.185. The Morgan fingerprint density at radius 2 is 1.94 bits per heavy atom. The fraction of sp³-hybridized carbons (Fsp3) is 0.846. The summed E-state index contributed by atoms with van der Waals surface area (Å²) in [6.07, 6.45) is 5.42. The zero-order valence-corrected chi connectivity index (χ0v) is 11.4. The molecule has 0 radical (unpaired) electrons. The molecule has 1 heterocycles. The Balaban J connectivity index is 0.000000437. The predicted octanol–water partition coefficient (Wildman–Crippen LogP) is 1.59.